The number of thioether (sulfide) groups is 1. The van der Waals surface area contributed by atoms with Crippen molar-refractivity contribution in [1.29, 1.82) is 0 Å². The van der Waals surface area contributed by atoms with Gasteiger partial charge in [-0.25, -0.2) is 8.78 Å². The molecule has 0 saturated heterocycles. The van der Waals surface area contributed by atoms with Crippen LogP contribution in [0.25, 0.3) is 11.5 Å². The molecule has 0 N–H and O–H groups in total. The summed E-state index contributed by atoms with van der Waals surface area (Å²) in [6.45, 7) is 1.59. The molecule has 0 fully saturated rings. The molecule has 0 aliphatic carbocycles. The topological polar surface area (TPSA) is 65.2 Å². The number of hydrogen-bond acceptors (Lipinski definition) is 6. The monoisotopic (exact) mass is 376 g/mol. The fourth-order valence-corrected chi connectivity index (χ4v) is 2.97. The van der Waals surface area contributed by atoms with E-state index in [0.29, 0.717) is 23.3 Å². The number of aromatic nitrogens is 2. The first-order valence-electron chi connectivity index (χ1n) is 7.62. The van der Waals surface area contributed by atoms with Crippen LogP contribution in [0.2, 0.25) is 0 Å². The highest BCUT2D eigenvalue weighted by Gasteiger charge is 2.22. The van der Waals surface area contributed by atoms with Crippen LogP contribution < -0.4 is 4.74 Å². The largest absolute Gasteiger partial charge is 0.497 e. The van der Waals surface area contributed by atoms with Crippen LogP contribution in [-0.4, -0.2) is 28.3 Å². The van der Waals surface area contributed by atoms with E-state index in [4.69, 9.17) is 9.15 Å². The molecule has 8 heteroatoms. The molecule has 0 spiro atoms. The van der Waals surface area contributed by atoms with Gasteiger partial charge in [0.2, 0.25) is 5.89 Å². The number of Topliss-reactive ketones (excluding diaryl/α,β-unsaturated/α-hetero) is 1. The number of methoxy groups -OCH3 is 1. The Morgan fingerprint density at radius 3 is 2.54 bits per heavy atom. The zero-order valence-corrected chi connectivity index (χ0v) is 14.7. The number of halogens is 2. The Kier molecular flexibility index (Phi) is 5.32. The van der Waals surface area contributed by atoms with Crippen molar-refractivity contribution in [3.8, 4) is 17.2 Å². The average molecular weight is 376 g/mol. The van der Waals surface area contributed by atoms with E-state index < -0.39 is 22.7 Å². The lowest BCUT2D eigenvalue weighted by Crippen LogP contribution is -2.15. The molecule has 2 aromatic carbocycles. The summed E-state index contributed by atoms with van der Waals surface area (Å²) in [7, 11) is 1.57. The molecule has 0 amide bonds. The molecule has 0 bridgehead atoms. The van der Waals surface area contributed by atoms with E-state index >= 15 is 0 Å². The highest BCUT2D eigenvalue weighted by atomic mass is 32.2. The molecular weight excluding hydrogens is 362 g/mol. The summed E-state index contributed by atoms with van der Waals surface area (Å²) in [4.78, 5) is 12.3. The van der Waals surface area contributed by atoms with Crippen LogP contribution in [-0.2, 0) is 0 Å². The minimum atomic E-state index is -0.896. The second-order valence-corrected chi connectivity index (χ2v) is 6.64. The summed E-state index contributed by atoms with van der Waals surface area (Å²) in [6, 6.07) is 9.90. The van der Waals surface area contributed by atoms with Gasteiger partial charge in [0.05, 0.1) is 17.9 Å². The summed E-state index contributed by atoms with van der Waals surface area (Å²) in [5.41, 5.74) is 0.523. The van der Waals surface area contributed by atoms with Crippen molar-refractivity contribution in [2.45, 2.75) is 17.4 Å². The zero-order chi connectivity index (χ0) is 18.7. The van der Waals surface area contributed by atoms with Gasteiger partial charge in [0.25, 0.3) is 5.22 Å². The molecule has 26 heavy (non-hydrogen) atoms. The molecule has 0 aliphatic rings. The Bertz CT molecular complexity index is 928. The number of benzene rings is 2. The van der Waals surface area contributed by atoms with E-state index in [-0.39, 0.29) is 10.8 Å². The van der Waals surface area contributed by atoms with Crippen LogP contribution in [0.3, 0.4) is 0 Å². The number of ether oxygens (including phenoxy) is 1. The Morgan fingerprint density at radius 1 is 1.15 bits per heavy atom. The number of hydrogen-bond donors (Lipinski definition) is 0. The van der Waals surface area contributed by atoms with Crippen LogP contribution in [0.1, 0.15) is 17.3 Å². The number of nitrogens with zero attached hydrogens (tertiary/aromatic N) is 2. The number of carbonyl (C=O) groups excluding carboxylic acids is 1. The van der Waals surface area contributed by atoms with Gasteiger partial charge in [-0.1, -0.05) is 11.8 Å². The van der Waals surface area contributed by atoms with Gasteiger partial charge in [-0.2, -0.15) is 0 Å². The molecule has 0 saturated carbocycles. The lowest BCUT2D eigenvalue weighted by molar-refractivity contribution is 0.0989. The number of rotatable bonds is 6. The molecule has 134 valence electrons. The van der Waals surface area contributed by atoms with Crippen LogP contribution in [0, 0.1) is 11.6 Å². The van der Waals surface area contributed by atoms with E-state index in [1.165, 1.54) is 0 Å². The maximum absolute atomic E-state index is 13.8. The molecular formula is C18H14F2N2O3S. The van der Waals surface area contributed by atoms with Gasteiger partial charge in [0.1, 0.15) is 17.4 Å². The second-order valence-electron chi connectivity index (χ2n) is 5.35. The zero-order valence-electron chi connectivity index (χ0n) is 13.9. The van der Waals surface area contributed by atoms with Crippen LogP contribution in [0.15, 0.2) is 52.1 Å². The fraction of sp³-hybridized carbons (Fsp3) is 0.167. The highest BCUT2D eigenvalue weighted by molar-refractivity contribution is 8.00. The number of carbonyl (C=O) groups is 1. The smallest absolute Gasteiger partial charge is 0.277 e. The minimum absolute atomic E-state index is 0.179. The SMILES string of the molecule is COc1ccc(-c2nnc(SC(C)C(=O)c3ccc(F)cc3F)o2)cc1. The summed E-state index contributed by atoms with van der Waals surface area (Å²) in [5, 5.41) is 7.34. The average Bonchev–Trinajstić information content (AvgIpc) is 3.09. The van der Waals surface area contributed by atoms with E-state index in [1.807, 2.05) is 0 Å². The lowest BCUT2D eigenvalue weighted by Gasteiger charge is -2.08. The molecule has 1 unspecified atom stereocenters. The number of ketones is 1. The summed E-state index contributed by atoms with van der Waals surface area (Å²) >= 11 is 1.01. The van der Waals surface area contributed by atoms with Gasteiger partial charge >= 0.3 is 0 Å². The quantitative estimate of drug-likeness (QED) is 0.470. The van der Waals surface area contributed by atoms with E-state index in [9.17, 15) is 13.6 Å². The van der Waals surface area contributed by atoms with Crippen molar-refractivity contribution < 1.29 is 22.7 Å². The minimum Gasteiger partial charge on any atom is -0.497 e. The Morgan fingerprint density at radius 2 is 1.88 bits per heavy atom. The van der Waals surface area contributed by atoms with Crippen molar-refractivity contribution in [2.75, 3.05) is 7.11 Å². The Hall–Kier alpha value is -2.74. The van der Waals surface area contributed by atoms with Crippen molar-refractivity contribution in [3.05, 3.63) is 59.7 Å². The lowest BCUT2D eigenvalue weighted by atomic mass is 10.1. The maximum Gasteiger partial charge on any atom is 0.277 e. The molecule has 5 nitrogen and oxygen atoms in total. The normalized spacial score (nSPS) is 12.0. The third kappa shape index (κ3) is 3.91. The molecule has 0 aliphatic heterocycles. The molecule has 3 rings (SSSR count). The van der Waals surface area contributed by atoms with E-state index in [2.05, 4.69) is 10.2 Å². The van der Waals surface area contributed by atoms with Gasteiger partial charge in [-0.15, -0.1) is 10.2 Å². The van der Waals surface area contributed by atoms with Gasteiger partial charge in [-0.3, -0.25) is 4.79 Å². The van der Waals surface area contributed by atoms with E-state index in [1.54, 1.807) is 38.3 Å². The summed E-state index contributed by atoms with van der Waals surface area (Å²) in [6.07, 6.45) is 0. The van der Waals surface area contributed by atoms with E-state index in [0.717, 1.165) is 23.9 Å². The first kappa shape index (κ1) is 18.1. The fourth-order valence-electron chi connectivity index (χ4n) is 2.22. The molecule has 1 heterocycles. The highest BCUT2D eigenvalue weighted by Crippen LogP contribution is 2.29. The molecule has 1 aromatic heterocycles. The molecule has 1 atom stereocenters. The third-order valence-corrected chi connectivity index (χ3v) is 4.52. The van der Waals surface area contributed by atoms with Crippen molar-refractivity contribution in [3.63, 3.8) is 0 Å². The van der Waals surface area contributed by atoms with Crippen molar-refractivity contribution in [2.24, 2.45) is 0 Å². The first-order valence-corrected chi connectivity index (χ1v) is 8.49. The van der Waals surface area contributed by atoms with Gasteiger partial charge in [0, 0.05) is 11.6 Å². The summed E-state index contributed by atoms with van der Waals surface area (Å²) in [5.74, 6) is -1.13. The predicted molar refractivity (Wildman–Crippen MR) is 92.3 cm³/mol. The van der Waals surface area contributed by atoms with Crippen molar-refractivity contribution >= 4 is 17.5 Å². The summed E-state index contributed by atoms with van der Waals surface area (Å²) < 4.78 is 37.4. The molecule has 3 aromatic rings. The Balaban J connectivity index is 1.72. The van der Waals surface area contributed by atoms with Crippen LogP contribution in [0.4, 0.5) is 8.78 Å². The van der Waals surface area contributed by atoms with Crippen LogP contribution >= 0.6 is 11.8 Å². The van der Waals surface area contributed by atoms with Gasteiger partial charge in [0.15, 0.2) is 5.78 Å². The Labute approximate surface area is 152 Å². The van der Waals surface area contributed by atoms with Crippen LogP contribution in [0.5, 0.6) is 5.75 Å². The third-order valence-electron chi connectivity index (χ3n) is 3.59. The standard InChI is InChI=1S/C18H14F2N2O3S/c1-10(16(23)14-8-5-12(19)9-15(14)20)26-18-22-21-17(25-18)11-3-6-13(24-2)7-4-11/h3-10H,1-2H3. The first-order chi connectivity index (χ1) is 12.5. The van der Waals surface area contributed by atoms with Gasteiger partial charge < -0.3 is 9.15 Å². The van der Waals surface area contributed by atoms with Gasteiger partial charge in [-0.05, 0) is 43.3 Å². The maximum atomic E-state index is 13.8. The predicted octanol–water partition coefficient (Wildman–Crippen LogP) is 4.39. The second kappa shape index (κ2) is 7.65. The van der Waals surface area contributed by atoms with Crippen molar-refractivity contribution in [1.82, 2.24) is 10.2 Å². The molecule has 0 radical (unpaired) electrons.